The largest absolute Gasteiger partial charge is 0.480 e. The second-order valence-electron chi connectivity index (χ2n) is 3.31. The van der Waals surface area contributed by atoms with Gasteiger partial charge in [0.15, 0.2) is 0 Å². The minimum atomic E-state index is -0.856. The fourth-order valence-corrected chi connectivity index (χ4v) is 1.43. The monoisotopic (exact) mass is 197 g/mol. The van der Waals surface area contributed by atoms with Gasteiger partial charge in [0, 0.05) is 6.54 Å². The molecule has 78 valence electrons. The number of carboxylic acids is 1. The third-order valence-electron chi connectivity index (χ3n) is 2.12. The first-order chi connectivity index (χ1) is 6.57. The van der Waals surface area contributed by atoms with Crippen molar-refractivity contribution in [2.75, 3.05) is 14.1 Å². The molecule has 0 amide bonds. The Morgan fingerprint density at radius 1 is 1.71 bits per heavy atom. The molecule has 1 aromatic rings. The second-order valence-corrected chi connectivity index (χ2v) is 3.31. The van der Waals surface area contributed by atoms with E-state index in [2.05, 4.69) is 4.98 Å². The van der Waals surface area contributed by atoms with Gasteiger partial charge in [0.05, 0.1) is 18.2 Å². The number of aliphatic carboxylic acids is 1. The molecule has 1 rings (SSSR count). The molecule has 1 aromatic heterocycles. The zero-order chi connectivity index (χ0) is 10.7. The molecule has 0 bridgehead atoms. The minimum Gasteiger partial charge on any atom is -0.480 e. The Labute approximate surface area is 83.0 Å². The Hall–Kier alpha value is -1.36. The van der Waals surface area contributed by atoms with Crippen LogP contribution < -0.4 is 0 Å². The number of aromatic nitrogens is 2. The number of carbonyl (C=O) groups is 1. The van der Waals surface area contributed by atoms with Crippen LogP contribution >= 0.6 is 0 Å². The highest BCUT2D eigenvalue weighted by molar-refractivity contribution is 5.74. The van der Waals surface area contributed by atoms with Gasteiger partial charge in [-0.2, -0.15) is 0 Å². The van der Waals surface area contributed by atoms with Crippen molar-refractivity contribution in [3.8, 4) is 0 Å². The van der Waals surface area contributed by atoms with Crippen molar-refractivity contribution >= 4 is 5.97 Å². The maximum Gasteiger partial charge on any atom is 0.327 e. The summed E-state index contributed by atoms with van der Waals surface area (Å²) >= 11 is 0. The molecule has 1 N–H and O–H groups in total. The number of rotatable bonds is 4. The van der Waals surface area contributed by atoms with E-state index in [-0.39, 0.29) is 0 Å². The van der Waals surface area contributed by atoms with Gasteiger partial charge in [-0.15, -0.1) is 0 Å². The van der Waals surface area contributed by atoms with Crippen LogP contribution in [0.1, 0.15) is 18.7 Å². The normalized spacial score (nSPS) is 13.1. The van der Waals surface area contributed by atoms with E-state index in [9.17, 15) is 4.79 Å². The van der Waals surface area contributed by atoms with Crippen LogP contribution in [0.15, 0.2) is 12.5 Å². The lowest BCUT2D eigenvalue weighted by atomic mass is 10.2. The first kappa shape index (κ1) is 10.7. The summed E-state index contributed by atoms with van der Waals surface area (Å²) in [6, 6.07) is -0.627. The number of likely N-dealkylation sites (N-methyl/N-ethyl adjacent to an activating group) is 1. The van der Waals surface area contributed by atoms with Crippen LogP contribution in [0, 0.1) is 0 Å². The molecule has 0 aliphatic rings. The van der Waals surface area contributed by atoms with Crippen LogP contribution in [-0.4, -0.2) is 39.6 Å². The summed E-state index contributed by atoms with van der Waals surface area (Å²) in [5.41, 5.74) is 0.713. The summed E-state index contributed by atoms with van der Waals surface area (Å²) in [4.78, 5) is 16.6. The van der Waals surface area contributed by atoms with E-state index in [1.807, 2.05) is 11.5 Å². The number of carboxylic acid groups (broad SMARTS) is 1. The van der Waals surface area contributed by atoms with Crippen LogP contribution in [0.2, 0.25) is 0 Å². The van der Waals surface area contributed by atoms with Gasteiger partial charge < -0.3 is 9.67 Å². The average Bonchev–Trinajstić information content (AvgIpc) is 2.51. The van der Waals surface area contributed by atoms with Crippen molar-refractivity contribution in [2.24, 2.45) is 0 Å². The molecule has 0 radical (unpaired) electrons. The lowest BCUT2D eigenvalue weighted by Gasteiger charge is -2.20. The van der Waals surface area contributed by atoms with Crippen molar-refractivity contribution in [1.82, 2.24) is 14.5 Å². The minimum absolute atomic E-state index is 0.627. The van der Waals surface area contributed by atoms with Crippen LogP contribution in [0.25, 0.3) is 0 Å². The highest BCUT2D eigenvalue weighted by Crippen LogP contribution is 2.17. The quantitative estimate of drug-likeness (QED) is 0.767. The summed E-state index contributed by atoms with van der Waals surface area (Å²) in [6.45, 7) is 2.69. The lowest BCUT2D eigenvalue weighted by molar-refractivity contribution is -0.142. The van der Waals surface area contributed by atoms with Gasteiger partial charge in [0.25, 0.3) is 0 Å². The number of aryl methyl sites for hydroxylation is 1. The molecule has 0 saturated carbocycles. The van der Waals surface area contributed by atoms with Gasteiger partial charge in [-0.3, -0.25) is 9.69 Å². The molecule has 1 unspecified atom stereocenters. The zero-order valence-electron chi connectivity index (χ0n) is 8.64. The first-order valence-electron chi connectivity index (χ1n) is 4.47. The topological polar surface area (TPSA) is 58.4 Å². The number of nitrogens with zero attached hydrogens (tertiary/aromatic N) is 3. The van der Waals surface area contributed by atoms with Gasteiger partial charge in [0.1, 0.15) is 6.04 Å². The standard InChI is InChI=1S/C9H15N3O2/c1-4-12-6-10-5-7(12)8(9(13)14)11(2)3/h5-6,8H,4H2,1-3H3,(H,13,14). The molecule has 0 aromatic carbocycles. The summed E-state index contributed by atoms with van der Waals surface area (Å²) in [6.07, 6.45) is 3.25. The third-order valence-corrected chi connectivity index (χ3v) is 2.12. The molecular formula is C9H15N3O2. The zero-order valence-corrected chi connectivity index (χ0v) is 8.64. The maximum atomic E-state index is 11.0. The molecule has 1 heterocycles. The summed E-state index contributed by atoms with van der Waals surface area (Å²) < 4.78 is 1.83. The average molecular weight is 197 g/mol. The Morgan fingerprint density at radius 2 is 2.36 bits per heavy atom. The molecule has 0 aliphatic carbocycles. The van der Waals surface area contributed by atoms with Gasteiger partial charge in [-0.1, -0.05) is 0 Å². The van der Waals surface area contributed by atoms with Crippen LogP contribution in [-0.2, 0) is 11.3 Å². The SMILES string of the molecule is CCn1cncc1C(C(=O)O)N(C)C. The highest BCUT2D eigenvalue weighted by Gasteiger charge is 2.24. The van der Waals surface area contributed by atoms with E-state index in [4.69, 9.17) is 5.11 Å². The molecule has 0 fully saturated rings. The van der Waals surface area contributed by atoms with Gasteiger partial charge >= 0.3 is 5.97 Å². The summed E-state index contributed by atoms with van der Waals surface area (Å²) in [7, 11) is 3.48. The predicted molar refractivity (Wildman–Crippen MR) is 52.0 cm³/mol. The second kappa shape index (κ2) is 4.23. The molecule has 1 atom stereocenters. The van der Waals surface area contributed by atoms with E-state index in [1.54, 1.807) is 31.5 Å². The molecule has 5 heteroatoms. The molecule has 14 heavy (non-hydrogen) atoms. The fraction of sp³-hybridized carbons (Fsp3) is 0.556. The van der Waals surface area contributed by atoms with E-state index in [1.165, 1.54) is 0 Å². The van der Waals surface area contributed by atoms with Gasteiger partial charge in [0.2, 0.25) is 0 Å². The number of imidazole rings is 1. The molecule has 0 spiro atoms. The third kappa shape index (κ3) is 1.93. The van der Waals surface area contributed by atoms with Crippen LogP contribution in [0.5, 0.6) is 0 Å². The number of hydrogen-bond donors (Lipinski definition) is 1. The Balaban J connectivity index is 3.04. The van der Waals surface area contributed by atoms with Crippen molar-refractivity contribution < 1.29 is 9.90 Å². The smallest absolute Gasteiger partial charge is 0.327 e. The lowest BCUT2D eigenvalue weighted by Crippen LogP contribution is -2.29. The van der Waals surface area contributed by atoms with Crippen LogP contribution in [0.3, 0.4) is 0 Å². The van der Waals surface area contributed by atoms with Crippen molar-refractivity contribution in [2.45, 2.75) is 19.5 Å². The van der Waals surface area contributed by atoms with Gasteiger partial charge in [-0.05, 0) is 21.0 Å². The fourth-order valence-electron chi connectivity index (χ4n) is 1.43. The highest BCUT2D eigenvalue weighted by atomic mass is 16.4. The van der Waals surface area contributed by atoms with E-state index in [0.29, 0.717) is 5.69 Å². The van der Waals surface area contributed by atoms with Crippen LogP contribution in [0.4, 0.5) is 0 Å². The van der Waals surface area contributed by atoms with Crippen molar-refractivity contribution in [1.29, 1.82) is 0 Å². The molecule has 0 aliphatic heterocycles. The van der Waals surface area contributed by atoms with E-state index in [0.717, 1.165) is 6.54 Å². The van der Waals surface area contributed by atoms with E-state index < -0.39 is 12.0 Å². The Morgan fingerprint density at radius 3 is 2.79 bits per heavy atom. The summed E-state index contributed by atoms with van der Waals surface area (Å²) in [5, 5.41) is 9.05. The maximum absolute atomic E-state index is 11.0. The van der Waals surface area contributed by atoms with Crippen molar-refractivity contribution in [3.05, 3.63) is 18.2 Å². The first-order valence-corrected chi connectivity index (χ1v) is 4.47. The Bertz CT molecular complexity index is 320. The molecule has 5 nitrogen and oxygen atoms in total. The molecular weight excluding hydrogens is 182 g/mol. The molecule has 0 saturated heterocycles. The Kier molecular flexibility index (Phi) is 3.24. The van der Waals surface area contributed by atoms with Gasteiger partial charge in [-0.25, -0.2) is 4.98 Å². The summed E-state index contributed by atoms with van der Waals surface area (Å²) in [5.74, 6) is -0.856. The van der Waals surface area contributed by atoms with Crippen molar-refractivity contribution in [3.63, 3.8) is 0 Å². The van der Waals surface area contributed by atoms with E-state index >= 15 is 0 Å². The number of hydrogen-bond acceptors (Lipinski definition) is 3. The predicted octanol–water partition coefficient (Wildman–Crippen LogP) is 0.590.